The molecule has 0 saturated carbocycles. The molecule has 1 aromatic carbocycles. The summed E-state index contributed by atoms with van der Waals surface area (Å²) >= 11 is 3.36. The Labute approximate surface area is 162 Å². The van der Waals surface area contributed by atoms with Crippen molar-refractivity contribution < 1.29 is 19.4 Å². The van der Waals surface area contributed by atoms with Gasteiger partial charge in [-0.25, -0.2) is 4.68 Å². The number of halogens is 1. The van der Waals surface area contributed by atoms with E-state index in [1.165, 1.54) is 23.3 Å². The van der Waals surface area contributed by atoms with E-state index in [-0.39, 0.29) is 25.6 Å². The van der Waals surface area contributed by atoms with Crippen LogP contribution < -0.4 is 10.1 Å². The maximum absolute atomic E-state index is 12.2. The van der Waals surface area contributed by atoms with Crippen molar-refractivity contribution in [1.82, 2.24) is 19.6 Å². The van der Waals surface area contributed by atoms with Crippen LogP contribution in [0.3, 0.4) is 0 Å². The first-order valence-corrected chi connectivity index (χ1v) is 8.75. The molecule has 3 aromatic rings. The summed E-state index contributed by atoms with van der Waals surface area (Å²) in [6.45, 7) is 0.401. The van der Waals surface area contributed by atoms with E-state index in [0.717, 1.165) is 4.47 Å². The minimum Gasteiger partial charge on any atom is -0.481 e. The number of nitrogens with one attached hydrogen (secondary N) is 1. The van der Waals surface area contributed by atoms with Gasteiger partial charge in [-0.3, -0.25) is 14.3 Å². The molecular formula is C17H16BrN5O4. The number of carboxylic acid groups (broad SMARTS) is 1. The third kappa shape index (κ3) is 5.42. The predicted octanol–water partition coefficient (Wildman–Crippen LogP) is 2.61. The Morgan fingerprint density at radius 1 is 1.11 bits per heavy atom. The van der Waals surface area contributed by atoms with Crippen LogP contribution in [-0.2, 0) is 18.1 Å². The molecule has 0 spiro atoms. The number of carboxylic acids is 1. The second-order valence-corrected chi connectivity index (χ2v) is 6.50. The van der Waals surface area contributed by atoms with Crippen molar-refractivity contribution in [1.29, 1.82) is 0 Å². The van der Waals surface area contributed by atoms with Gasteiger partial charge in [0.25, 0.3) is 5.91 Å². The molecule has 3 rings (SSSR count). The number of aliphatic carboxylic acids is 1. The number of carbonyl (C=O) groups excluding carboxylic acids is 1. The number of anilines is 1. The molecule has 2 aromatic heterocycles. The highest BCUT2D eigenvalue weighted by Gasteiger charge is 2.11. The monoisotopic (exact) mass is 433 g/mol. The number of carbonyl (C=O) groups is 2. The first-order valence-electron chi connectivity index (χ1n) is 7.96. The number of rotatable bonds is 8. The Kier molecular flexibility index (Phi) is 5.87. The molecule has 0 saturated heterocycles. The average molecular weight is 434 g/mol. The van der Waals surface area contributed by atoms with E-state index >= 15 is 0 Å². The molecule has 0 aliphatic rings. The molecule has 2 N–H and O–H groups in total. The number of hydrogen-bond donors (Lipinski definition) is 2. The predicted molar refractivity (Wildman–Crippen MR) is 99.4 cm³/mol. The third-order valence-corrected chi connectivity index (χ3v) is 4.05. The second-order valence-electron chi connectivity index (χ2n) is 5.59. The van der Waals surface area contributed by atoms with Crippen LogP contribution in [0.5, 0.6) is 5.75 Å². The maximum atomic E-state index is 12.2. The van der Waals surface area contributed by atoms with Gasteiger partial charge in [0, 0.05) is 10.7 Å². The van der Waals surface area contributed by atoms with E-state index in [4.69, 9.17) is 9.84 Å². The first-order chi connectivity index (χ1) is 13.0. The van der Waals surface area contributed by atoms with Crippen LogP contribution in [0, 0.1) is 0 Å². The van der Waals surface area contributed by atoms with Crippen LogP contribution in [0.2, 0.25) is 0 Å². The highest BCUT2D eigenvalue weighted by Crippen LogP contribution is 2.16. The molecule has 140 valence electrons. The van der Waals surface area contributed by atoms with E-state index in [9.17, 15) is 9.59 Å². The molecule has 0 atom stereocenters. The van der Waals surface area contributed by atoms with Gasteiger partial charge in [-0.1, -0.05) is 15.9 Å². The molecule has 0 unspecified atom stereocenters. The van der Waals surface area contributed by atoms with Gasteiger partial charge >= 0.3 is 5.97 Å². The fourth-order valence-electron chi connectivity index (χ4n) is 2.19. The van der Waals surface area contributed by atoms with Gasteiger partial charge in [0.05, 0.1) is 42.8 Å². The molecule has 27 heavy (non-hydrogen) atoms. The van der Waals surface area contributed by atoms with Gasteiger partial charge in [-0.05, 0) is 24.3 Å². The van der Waals surface area contributed by atoms with Crippen LogP contribution in [0.25, 0.3) is 0 Å². The molecule has 0 aliphatic heterocycles. The summed E-state index contributed by atoms with van der Waals surface area (Å²) in [6.07, 6.45) is 5.98. The smallest absolute Gasteiger partial charge is 0.305 e. The van der Waals surface area contributed by atoms with Gasteiger partial charge < -0.3 is 15.2 Å². The van der Waals surface area contributed by atoms with Crippen molar-refractivity contribution in [3.8, 4) is 5.75 Å². The van der Waals surface area contributed by atoms with Crippen molar-refractivity contribution in [2.45, 2.75) is 19.7 Å². The van der Waals surface area contributed by atoms with E-state index in [2.05, 4.69) is 31.4 Å². The van der Waals surface area contributed by atoms with Crippen LogP contribution in [0.4, 0.5) is 5.69 Å². The quantitative estimate of drug-likeness (QED) is 0.564. The fourth-order valence-corrected chi connectivity index (χ4v) is 2.45. The summed E-state index contributed by atoms with van der Waals surface area (Å²) in [7, 11) is 0. The molecule has 9 nitrogen and oxygen atoms in total. The van der Waals surface area contributed by atoms with Crippen LogP contribution >= 0.6 is 15.9 Å². The lowest BCUT2D eigenvalue weighted by atomic mass is 10.3. The largest absolute Gasteiger partial charge is 0.481 e. The van der Waals surface area contributed by atoms with E-state index in [0.29, 0.717) is 17.0 Å². The van der Waals surface area contributed by atoms with Crippen molar-refractivity contribution in [2.24, 2.45) is 0 Å². The number of aromatic nitrogens is 4. The molecule has 10 heteroatoms. The number of nitrogens with zero attached hydrogens (tertiary/aromatic N) is 4. The maximum Gasteiger partial charge on any atom is 0.305 e. The second kappa shape index (κ2) is 8.49. The summed E-state index contributed by atoms with van der Waals surface area (Å²) in [6, 6.07) is 7.41. The highest BCUT2D eigenvalue weighted by atomic mass is 79.9. The number of benzene rings is 1. The molecule has 2 heterocycles. The zero-order chi connectivity index (χ0) is 19.2. The van der Waals surface area contributed by atoms with Gasteiger partial charge in [0.1, 0.15) is 5.75 Å². The fraction of sp³-hybridized carbons (Fsp3) is 0.176. The summed E-state index contributed by atoms with van der Waals surface area (Å²) in [5, 5.41) is 19.5. The SMILES string of the molecule is O=C(O)CCn1cc(C(=O)Nc2cnn(COc3ccc(Br)cc3)c2)cn1. The lowest BCUT2D eigenvalue weighted by molar-refractivity contribution is -0.137. The summed E-state index contributed by atoms with van der Waals surface area (Å²) in [5.41, 5.74) is 0.844. The normalized spacial score (nSPS) is 10.6. The van der Waals surface area contributed by atoms with Crippen molar-refractivity contribution in [2.75, 3.05) is 5.32 Å². The van der Waals surface area contributed by atoms with E-state index < -0.39 is 5.97 Å². The lowest BCUT2D eigenvalue weighted by Crippen LogP contribution is -2.11. The Morgan fingerprint density at radius 3 is 2.59 bits per heavy atom. The van der Waals surface area contributed by atoms with Gasteiger partial charge in [-0.15, -0.1) is 0 Å². The number of amides is 1. The van der Waals surface area contributed by atoms with E-state index in [1.54, 1.807) is 10.9 Å². The Bertz CT molecular complexity index is 935. The Balaban J connectivity index is 1.53. The lowest BCUT2D eigenvalue weighted by Gasteiger charge is -2.05. The minimum atomic E-state index is -0.922. The van der Waals surface area contributed by atoms with Crippen LogP contribution in [0.15, 0.2) is 53.5 Å². The van der Waals surface area contributed by atoms with Gasteiger partial charge in [0.2, 0.25) is 0 Å². The zero-order valence-electron chi connectivity index (χ0n) is 14.1. The van der Waals surface area contributed by atoms with Crippen molar-refractivity contribution in [3.05, 3.63) is 59.1 Å². The number of hydrogen-bond acceptors (Lipinski definition) is 5. The average Bonchev–Trinajstić information content (AvgIpc) is 3.29. The number of aryl methyl sites for hydroxylation is 1. The van der Waals surface area contributed by atoms with Crippen molar-refractivity contribution >= 4 is 33.5 Å². The summed E-state index contributed by atoms with van der Waals surface area (Å²) < 4.78 is 9.53. The van der Waals surface area contributed by atoms with Crippen LogP contribution in [0.1, 0.15) is 16.8 Å². The first kappa shape index (κ1) is 18.6. The standard InChI is InChI=1S/C17H16BrN5O4/c18-13-1-3-15(4-2-13)27-11-23-10-14(8-20-23)21-17(26)12-7-19-22(9-12)6-5-16(24)25/h1-4,7-10H,5-6,11H2,(H,21,26)(H,24,25). The Morgan fingerprint density at radius 2 is 1.85 bits per heavy atom. The Hall–Kier alpha value is -3.14. The molecule has 0 aliphatic carbocycles. The molecular weight excluding hydrogens is 418 g/mol. The van der Waals surface area contributed by atoms with Gasteiger partial charge in [0.15, 0.2) is 6.73 Å². The zero-order valence-corrected chi connectivity index (χ0v) is 15.7. The summed E-state index contributed by atoms with van der Waals surface area (Å²) in [4.78, 5) is 22.8. The highest BCUT2D eigenvalue weighted by molar-refractivity contribution is 9.10. The van der Waals surface area contributed by atoms with Crippen molar-refractivity contribution in [3.63, 3.8) is 0 Å². The topological polar surface area (TPSA) is 111 Å². The third-order valence-electron chi connectivity index (χ3n) is 3.52. The summed E-state index contributed by atoms with van der Waals surface area (Å²) in [5.74, 6) is -0.577. The minimum absolute atomic E-state index is 0.0616. The molecule has 0 fully saturated rings. The van der Waals surface area contributed by atoms with Crippen LogP contribution in [-0.4, -0.2) is 36.5 Å². The molecule has 1 amide bonds. The van der Waals surface area contributed by atoms with E-state index in [1.807, 2.05) is 24.3 Å². The molecule has 0 radical (unpaired) electrons. The molecule has 0 bridgehead atoms. The van der Waals surface area contributed by atoms with Gasteiger partial charge in [-0.2, -0.15) is 10.2 Å². The number of ether oxygens (including phenoxy) is 1.